The van der Waals surface area contributed by atoms with E-state index in [0.29, 0.717) is 0 Å². The van der Waals surface area contributed by atoms with Crippen molar-refractivity contribution in [2.45, 2.75) is 33.1 Å². The molecule has 0 aromatic rings. The highest BCUT2D eigenvalue weighted by Crippen LogP contribution is 2.17. The quantitative estimate of drug-likeness (QED) is 0.565. The van der Waals surface area contributed by atoms with E-state index in [4.69, 9.17) is 4.74 Å². The Morgan fingerprint density at radius 3 is 2.73 bits per heavy atom. The van der Waals surface area contributed by atoms with Crippen LogP contribution < -0.4 is 0 Å². The lowest BCUT2D eigenvalue weighted by Gasteiger charge is -2.12. The highest BCUT2D eigenvalue weighted by molar-refractivity contribution is 5.16. The summed E-state index contributed by atoms with van der Waals surface area (Å²) in [5.41, 5.74) is 1.45. The van der Waals surface area contributed by atoms with Crippen LogP contribution in [-0.4, -0.2) is 6.61 Å². The van der Waals surface area contributed by atoms with E-state index in [9.17, 15) is 0 Å². The second-order valence-electron chi connectivity index (χ2n) is 2.98. The molecule has 0 aromatic carbocycles. The Labute approximate surface area is 68.8 Å². The van der Waals surface area contributed by atoms with Crippen LogP contribution in [0, 0.1) is 0 Å². The van der Waals surface area contributed by atoms with Crippen LogP contribution in [0.1, 0.15) is 33.1 Å². The van der Waals surface area contributed by atoms with Gasteiger partial charge in [0.25, 0.3) is 0 Å². The predicted octanol–water partition coefficient (Wildman–Crippen LogP) is 3.04. The summed E-state index contributed by atoms with van der Waals surface area (Å²) in [7, 11) is 0. The normalized spacial score (nSPS) is 17.3. The molecule has 0 aliphatic heterocycles. The largest absolute Gasteiger partial charge is 0.498 e. The molecule has 0 N–H and O–H groups in total. The standard InChI is InChI=1S/C10H16O/c1-3-8-11-10-6-4-9(2)5-7-10/h4,7H,3,5-6,8H2,1-2H3. The van der Waals surface area contributed by atoms with Gasteiger partial charge in [0.15, 0.2) is 0 Å². The summed E-state index contributed by atoms with van der Waals surface area (Å²) in [4.78, 5) is 0. The molecule has 1 aliphatic rings. The molecule has 0 atom stereocenters. The van der Waals surface area contributed by atoms with Gasteiger partial charge in [0.1, 0.15) is 0 Å². The van der Waals surface area contributed by atoms with Crippen LogP contribution in [0.5, 0.6) is 0 Å². The molecule has 11 heavy (non-hydrogen) atoms. The van der Waals surface area contributed by atoms with E-state index in [2.05, 4.69) is 26.0 Å². The van der Waals surface area contributed by atoms with E-state index in [0.717, 1.165) is 31.6 Å². The van der Waals surface area contributed by atoms with Gasteiger partial charge in [0.05, 0.1) is 12.4 Å². The summed E-state index contributed by atoms with van der Waals surface area (Å²) in [6.45, 7) is 5.15. The molecule has 0 fully saturated rings. The molecule has 0 saturated heterocycles. The Bertz CT molecular complexity index is 177. The van der Waals surface area contributed by atoms with Crippen LogP contribution in [0.2, 0.25) is 0 Å². The first-order chi connectivity index (χ1) is 5.33. The first-order valence-electron chi connectivity index (χ1n) is 4.30. The van der Waals surface area contributed by atoms with E-state index in [-0.39, 0.29) is 0 Å². The molecule has 1 heteroatoms. The van der Waals surface area contributed by atoms with E-state index >= 15 is 0 Å². The van der Waals surface area contributed by atoms with Gasteiger partial charge in [-0.15, -0.1) is 0 Å². The van der Waals surface area contributed by atoms with Crippen LogP contribution in [0.3, 0.4) is 0 Å². The van der Waals surface area contributed by atoms with Gasteiger partial charge in [-0.3, -0.25) is 0 Å². The van der Waals surface area contributed by atoms with Crippen molar-refractivity contribution in [1.82, 2.24) is 0 Å². The molecule has 0 spiro atoms. The fourth-order valence-electron chi connectivity index (χ4n) is 1.07. The van der Waals surface area contributed by atoms with Gasteiger partial charge in [-0.05, 0) is 25.8 Å². The molecule has 1 rings (SSSR count). The topological polar surface area (TPSA) is 9.23 Å². The fraction of sp³-hybridized carbons (Fsp3) is 0.600. The van der Waals surface area contributed by atoms with Gasteiger partial charge in [-0.25, -0.2) is 0 Å². The molecule has 1 aliphatic carbocycles. The molecule has 0 heterocycles. The van der Waals surface area contributed by atoms with Crippen LogP contribution in [0.15, 0.2) is 23.5 Å². The maximum Gasteiger partial charge on any atom is 0.0960 e. The Kier molecular flexibility index (Phi) is 3.21. The maximum absolute atomic E-state index is 5.50. The lowest BCUT2D eigenvalue weighted by atomic mass is 10.1. The number of hydrogen-bond donors (Lipinski definition) is 0. The minimum Gasteiger partial charge on any atom is -0.498 e. The summed E-state index contributed by atoms with van der Waals surface area (Å²) in [5, 5.41) is 0. The van der Waals surface area contributed by atoms with Gasteiger partial charge < -0.3 is 4.74 Å². The van der Waals surface area contributed by atoms with Gasteiger partial charge >= 0.3 is 0 Å². The zero-order valence-corrected chi connectivity index (χ0v) is 7.39. The van der Waals surface area contributed by atoms with Crippen molar-refractivity contribution in [3.8, 4) is 0 Å². The average molecular weight is 152 g/mol. The monoisotopic (exact) mass is 152 g/mol. The third-order valence-corrected chi connectivity index (χ3v) is 1.79. The van der Waals surface area contributed by atoms with Crippen molar-refractivity contribution < 1.29 is 4.74 Å². The van der Waals surface area contributed by atoms with E-state index in [1.54, 1.807) is 0 Å². The van der Waals surface area contributed by atoms with Crippen LogP contribution in [0.4, 0.5) is 0 Å². The SMILES string of the molecule is CCCOC1=CCC(C)=CC1. The second-order valence-corrected chi connectivity index (χ2v) is 2.98. The second kappa shape index (κ2) is 4.22. The Balaban J connectivity index is 2.27. The maximum atomic E-state index is 5.50. The zero-order valence-electron chi connectivity index (χ0n) is 7.39. The predicted molar refractivity (Wildman–Crippen MR) is 47.3 cm³/mol. The van der Waals surface area contributed by atoms with Gasteiger partial charge in [-0.2, -0.15) is 0 Å². The minimum atomic E-state index is 0.860. The van der Waals surface area contributed by atoms with Gasteiger partial charge in [0.2, 0.25) is 0 Å². The summed E-state index contributed by atoms with van der Waals surface area (Å²) in [5.74, 6) is 1.15. The van der Waals surface area contributed by atoms with E-state index in [1.165, 1.54) is 5.57 Å². The Morgan fingerprint density at radius 1 is 1.36 bits per heavy atom. The number of ether oxygens (including phenoxy) is 1. The third kappa shape index (κ3) is 2.79. The smallest absolute Gasteiger partial charge is 0.0960 e. The van der Waals surface area contributed by atoms with Crippen molar-refractivity contribution in [1.29, 1.82) is 0 Å². The van der Waals surface area contributed by atoms with Crippen LogP contribution in [-0.2, 0) is 4.74 Å². The number of allylic oxidation sites excluding steroid dienone is 3. The van der Waals surface area contributed by atoms with Crippen molar-refractivity contribution in [2.24, 2.45) is 0 Å². The minimum absolute atomic E-state index is 0.860. The molecule has 0 amide bonds. The lowest BCUT2D eigenvalue weighted by Crippen LogP contribution is -1.96. The molecular weight excluding hydrogens is 136 g/mol. The molecular formula is C10H16O. The van der Waals surface area contributed by atoms with Gasteiger partial charge in [0, 0.05) is 6.42 Å². The first kappa shape index (κ1) is 8.38. The number of hydrogen-bond acceptors (Lipinski definition) is 1. The molecule has 0 unspecified atom stereocenters. The molecule has 0 saturated carbocycles. The Hall–Kier alpha value is -0.720. The fourth-order valence-corrected chi connectivity index (χ4v) is 1.07. The van der Waals surface area contributed by atoms with Crippen molar-refractivity contribution in [2.75, 3.05) is 6.61 Å². The van der Waals surface area contributed by atoms with Gasteiger partial charge in [-0.1, -0.05) is 18.6 Å². The van der Waals surface area contributed by atoms with E-state index in [1.807, 2.05) is 0 Å². The third-order valence-electron chi connectivity index (χ3n) is 1.79. The summed E-state index contributed by atoms with van der Waals surface area (Å²) in [6, 6.07) is 0. The Morgan fingerprint density at radius 2 is 2.18 bits per heavy atom. The number of rotatable bonds is 3. The first-order valence-corrected chi connectivity index (χ1v) is 4.30. The molecule has 0 aromatic heterocycles. The molecule has 0 radical (unpaired) electrons. The van der Waals surface area contributed by atoms with Crippen molar-refractivity contribution in [3.63, 3.8) is 0 Å². The summed E-state index contributed by atoms with van der Waals surface area (Å²) < 4.78 is 5.50. The molecule has 1 nitrogen and oxygen atoms in total. The summed E-state index contributed by atoms with van der Waals surface area (Å²) >= 11 is 0. The van der Waals surface area contributed by atoms with Crippen molar-refractivity contribution >= 4 is 0 Å². The molecule has 0 bridgehead atoms. The van der Waals surface area contributed by atoms with Crippen molar-refractivity contribution in [3.05, 3.63) is 23.5 Å². The zero-order chi connectivity index (χ0) is 8.10. The highest BCUT2D eigenvalue weighted by Gasteiger charge is 2.01. The molecule has 62 valence electrons. The highest BCUT2D eigenvalue weighted by atomic mass is 16.5. The lowest BCUT2D eigenvalue weighted by molar-refractivity contribution is 0.206. The van der Waals surface area contributed by atoms with Crippen LogP contribution >= 0.6 is 0 Å². The average Bonchev–Trinajstić information content (AvgIpc) is 2.04. The van der Waals surface area contributed by atoms with E-state index < -0.39 is 0 Å². The summed E-state index contributed by atoms with van der Waals surface area (Å²) in [6.07, 6.45) is 7.58. The van der Waals surface area contributed by atoms with Crippen LogP contribution in [0.25, 0.3) is 0 Å².